The molecule has 0 aliphatic rings. The van der Waals surface area contributed by atoms with Gasteiger partial charge in [0.25, 0.3) is 5.91 Å². The molecule has 0 unspecified atom stereocenters. The molecule has 2 aromatic heterocycles. The number of hydrogen-bond donors (Lipinski definition) is 1. The number of amides is 1. The van der Waals surface area contributed by atoms with Crippen molar-refractivity contribution in [1.29, 1.82) is 0 Å². The van der Waals surface area contributed by atoms with E-state index in [0.717, 1.165) is 17.0 Å². The smallest absolute Gasteiger partial charge is 0.433 e. The highest BCUT2D eigenvalue weighted by molar-refractivity contribution is 5.98. The number of aromatic nitrogens is 2. The quantitative estimate of drug-likeness (QED) is 0.761. The first-order chi connectivity index (χ1) is 12.1. The Morgan fingerprint density at radius 1 is 1.15 bits per heavy atom. The number of aryl methyl sites for hydroxylation is 3. The fourth-order valence-corrected chi connectivity index (χ4v) is 2.64. The van der Waals surface area contributed by atoms with E-state index in [-0.39, 0.29) is 23.8 Å². The molecule has 0 radical (unpaired) electrons. The average Bonchev–Trinajstić information content (AvgIpc) is 2.87. The molecule has 0 spiro atoms. The summed E-state index contributed by atoms with van der Waals surface area (Å²) in [5.41, 5.74) is 1.38. The number of alkyl halides is 3. The molecule has 136 valence electrons. The largest absolute Gasteiger partial charge is 0.451 e. The van der Waals surface area contributed by atoms with Crippen molar-refractivity contribution in [3.63, 3.8) is 0 Å². The number of fused-ring (bicyclic) bond motifs is 1. The van der Waals surface area contributed by atoms with Crippen LogP contribution >= 0.6 is 0 Å². The molecule has 1 N–H and O–H groups in total. The molecule has 0 aliphatic carbocycles. The maximum absolute atomic E-state index is 12.8. The van der Waals surface area contributed by atoms with Gasteiger partial charge in [0.05, 0.1) is 6.54 Å². The summed E-state index contributed by atoms with van der Waals surface area (Å²) in [6.45, 7) is 4.86. The lowest BCUT2D eigenvalue weighted by molar-refractivity contribution is -0.141. The van der Waals surface area contributed by atoms with E-state index in [4.69, 9.17) is 4.42 Å². The van der Waals surface area contributed by atoms with E-state index in [1.807, 2.05) is 25.1 Å². The Hall–Kier alpha value is -2.90. The first-order valence-electron chi connectivity index (χ1n) is 7.85. The maximum atomic E-state index is 12.8. The zero-order valence-corrected chi connectivity index (χ0v) is 14.4. The number of furan rings is 1. The summed E-state index contributed by atoms with van der Waals surface area (Å²) in [4.78, 5) is 19.8. The van der Waals surface area contributed by atoms with Crippen LogP contribution < -0.4 is 5.32 Å². The highest BCUT2D eigenvalue weighted by Gasteiger charge is 2.33. The van der Waals surface area contributed by atoms with Crippen molar-refractivity contribution in [2.45, 2.75) is 33.5 Å². The van der Waals surface area contributed by atoms with Crippen molar-refractivity contribution >= 4 is 16.9 Å². The number of rotatable bonds is 3. The van der Waals surface area contributed by atoms with Crippen molar-refractivity contribution < 1.29 is 22.4 Å². The predicted octanol–water partition coefficient (Wildman–Crippen LogP) is 4.10. The standard InChI is InChI=1S/C18H16F3N3O2/c1-9-4-5-12-11(3)16(26-13(12)6-9)17(25)22-8-15-23-10(2)7-14(24-15)18(19,20)21/h4-7H,8H2,1-3H3,(H,22,25). The number of benzene rings is 1. The Balaban J connectivity index is 1.81. The Labute approximate surface area is 147 Å². The zero-order chi connectivity index (χ0) is 19.1. The van der Waals surface area contributed by atoms with E-state index >= 15 is 0 Å². The van der Waals surface area contributed by atoms with Gasteiger partial charge in [-0.3, -0.25) is 4.79 Å². The number of nitrogens with zero attached hydrogens (tertiary/aromatic N) is 2. The molecule has 1 aromatic carbocycles. The van der Waals surface area contributed by atoms with Crippen LogP contribution in [-0.2, 0) is 12.7 Å². The minimum Gasteiger partial charge on any atom is -0.451 e. The van der Waals surface area contributed by atoms with Gasteiger partial charge in [0.1, 0.15) is 17.1 Å². The first kappa shape index (κ1) is 17.9. The normalized spacial score (nSPS) is 11.8. The van der Waals surface area contributed by atoms with Crippen LogP contribution in [0, 0.1) is 20.8 Å². The minimum atomic E-state index is -4.57. The molecule has 3 aromatic rings. The van der Waals surface area contributed by atoms with Gasteiger partial charge in [0.15, 0.2) is 5.76 Å². The molecule has 3 rings (SSSR count). The van der Waals surface area contributed by atoms with Crippen LogP contribution in [-0.4, -0.2) is 15.9 Å². The lowest BCUT2D eigenvalue weighted by Crippen LogP contribution is -2.25. The van der Waals surface area contributed by atoms with Crippen molar-refractivity contribution in [2.75, 3.05) is 0 Å². The van der Waals surface area contributed by atoms with Gasteiger partial charge in [-0.2, -0.15) is 13.2 Å². The highest BCUT2D eigenvalue weighted by Crippen LogP contribution is 2.28. The third kappa shape index (κ3) is 3.54. The molecule has 2 heterocycles. The van der Waals surface area contributed by atoms with Crippen LogP contribution in [0.2, 0.25) is 0 Å². The van der Waals surface area contributed by atoms with E-state index in [0.29, 0.717) is 11.1 Å². The summed E-state index contributed by atoms with van der Waals surface area (Å²) in [5, 5.41) is 3.32. The second kappa shape index (κ2) is 6.44. The number of nitrogens with one attached hydrogen (secondary N) is 1. The topological polar surface area (TPSA) is 68.0 Å². The van der Waals surface area contributed by atoms with Crippen LogP contribution in [0.3, 0.4) is 0 Å². The molecule has 0 atom stereocenters. The van der Waals surface area contributed by atoms with Gasteiger partial charge in [-0.05, 0) is 38.5 Å². The van der Waals surface area contributed by atoms with Gasteiger partial charge in [-0.1, -0.05) is 12.1 Å². The van der Waals surface area contributed by atoms with E-state index in [9.17, 15) is 18.0 Å². The van der Waals surface area contributed by atoms with E-state index in [1.165, 1.54) is 6.92 Å². The Bertz CT molecular complexity index is 993. The fourth-order valence-electron chi connectivity index (χ4n) is 2.64. The molecule has 0 saturated carbocycles. The predicted molar refractivity (Wildman–Crippen MR) is 88.6 cm³/mol. The van der Waals surface area contributed by atoms with Gasteiger partial charge < -0.3 is 9.73 Å². The number of halogens is 3. The molecular formula is C18H16F3N3O2. The summed E-state index contributed by atoms with van der Waals surface area (Å²) in [6, 6.07) is 6.45. The van der Waals surface area contributed by atoms with Crippen molar-refractivity contribution in [2.24, 2.45) is 0 Å². The monoisotopic (exact) mass is 363 g/mol. The van der Waals surface area contributed by atoms with Crippen molar-refractivity contribution in [3.05, 3.63) is 58.4 Å². The summed E-state index contributed by atoms with van der Waals surface area (Å²) in [7, 11) is 0. The Kier molecular flexibility index (Phi) is 4.43. The van der Waals surface area contributed by atoms with Crippen LogP contribution in [0.5, 0.6) is 0 Å². The van der Waals surface area contributed by atoms with Gasteiger partial charge in [0, 0.05) is 16.6 Å². The molecule has 0 bridgehead atoms. The lowest BCUT2D eigenvalue weighted by Gasteiger charge is -2.09. The maximum Gasteiger partial charge on any atom is 0.433 e. The Morgan fingerprint density at radius 3 is 2.58 bits per heavy atom. The first-order valence-corrected chi connectivity index (χ1v) is 7.85. The average molecular weight is 363 g/mol. The SMILES string of the molecule is Cc1ccc2c(C)c(C(=O)NCc3nc(C)cc(C(F)(F)F)n3)oc2c1. The van der Waals surface area contributed by atoms with Crippen molar-refractivity contribution in [3.8, 4) is 0 Å². The summed E-state index contributed by atoms with van der Waals surface area (Å²) in [6.07, 6.45) is -4.57. The summed E-state index contributed by atoms with van der Waals surface area (Å²) in [5.74, 6) is -0.528. The zero-order valence-electron chi connectivity index (χ0n) is 14.4. The van der Waals surface area contributed by atoms with Gasteiger partial charge in [-0.15, -0.1) is 0 Å². The molecule has 1 amide bonds. The Morgan fingerprint density at radius 2 is 1.88 bits per heavy atom. The molecule has 0 aliphatic heterocycles. The summed E-state index contributed by atoms with van der Waals surface area (Å²) < 4.78 is 44.1. The van der Waals surface area contributed by atoms with Crippen LogP contribution in [0.25, 0.3) is 11.0 Å². The lowest BCUT2D eigenvalue weighted by atomic mass is 10.1. The molecule has 5 nitrogen and oxygen atoms in total. The second-order valence-electron chi connectivity index (χ2n) is 6.05. The molecule has 0 saturated heterocycles. The molecular weight excluding hydrogens is 347 g/mol. The van der Waals surface area contributed by atoms with E-state index in [2.05, 4.69) is 15.3 Å². The fraction of sp³-hybridized carbons (Fsp3) is 0.278. The highest BCUT2D eigenvalue weighted by atomic mass is 19.4. The molecule has 8 heteroatoms. The van der Waals surface area contributed by atoms with E-state index < -0.39 is 17.8 Å². The number of carbonyl (C=O) groups excluding carboxylic acids is 1. The van der Waals surface area contributed by atoms with Crippen LogP contribution in [0.1, 0.15) is 38.9 Å². The second-order valence-corrected chi connectivity index (χ2v) is 6.05. The number of carbonyl (C=O) groups is 1. The van der Waals surface area contributed by atoms with Crippen LogP contribution in [0.15, 0.2) is 28.7 Å². The van der Waals surface area contributed by atoms with Crippen molar-refractivity contribution in [1.82, 2.24) is 15.3 Å². The number of hydrogen-bond acceptors (Lipinski definition) is 4. The van der Waals surface area contributed by atoms with Gasteiger partial charge in [0.2, 0.25) is 0 Å². The van der Waals surface area contributed by atoms with Crippen LogP contribution in [0.4, 0.5) is 13.2 Å². The summed E-state index contributed by atoms with van der Waals surface area (Å²) >= 11 is 0. The van der Waals surface area contributed by atoms with E-state index in [1.54, 1.807) is 6.92 Å². The van der Waals surface area contributed by atoms with Gasteiger partial charge >= 0.3 is 6.18 Å². The third-order valence-electron chi connectivity index (χ3n) is 3.90. The minimum absolute atomic E-state index is 0.115. The van der Waals surface area contributed by atoms with Gasteiger partial charge in [-0.25, -0.2) is 9.97 Å². The molecule has 26 heavy (non-hydrogen) atoms. The third-order valence-corrected chi connectivity index (χ3v) is 3.90. The molecule has 0 fully saturated rings.